The molecule has 0 aliphatic carbocycles. The monoisotopic (exact) mass is 380 g/mol. The van der Waals surface area contributed by atoms with E-state index in [1.165, 1.54) is 6.33 Å². The quantitative estimate of drug-likeness (QED) is 0.871. The molecule has 2 aliphatic rings. The average Bonchev–Trinajstić information content (AvgIpc) is 3.07. The Morgan fingerprint density at radius 3 is 2.40 bits per heavy atom. The molecule has 0 bridgehead atoms. The number of halogens is 2. The van der Waals surface area contributed by atoms with Crippen LogP contribution in [0.25, 0.3) is 0 Å². The number of para-hydroxylation sites is 1. The predicted molar refractivity (Wildman–Crippen MR) is 97.9 cm³/mol. The second kappa shape index (κ2) is 6.96. The second-order valence-corrected chi connectivity index (χ2v) is 6.89. The first-order valence-corrected chi connectivity index (χ1v) is 8.97. The van der Waals surface area contributed by atoms with E-state index in [1.54, 1.807) is 18.2 Å². The van der Waals surface area contributed by atoms with Crippen molar-refractivity contribution in [2.45, 2.75) is 18.6 Å². The third-order valence-corrected chi connectivity index (χ3v) is 5.16. The number of hydrogen-bond donors (Lipinski definition) is 1. The van der Waals surface area contributed by atoms with E-state index in [4.69, 9.17) is 32.7 Å². The van der Waals surface area contributed by atoms with Gasteiger partial charge < -0.3 is 19.7 Å². The van der Waals surface area contributed by atoms with Crippen LogP contribution in [-0.4, -0.2) is 42.1 Å². The zero-order valence-corrected chi connectivity index (χ0v) is 15.1. The summed E-state index contributed by atoms with van der Waals surface area (Å²) in [4.78, 5) is 10.9. The minimum atomic E-state index is -0.393. The molecular formula is C17H18Cl2N4O2. The molecule has 132 valence electrons. The molecule has 0 amide bonds. The number of anilines is 3. The predicted octanol–water partition coefficient (Wildman–Crippen LogP) is 3.87. The lowest BCUT2D eigenvalue weighted by Crippen LogP contribution is -2.45. The van der Waals surface area contributed by atoms with Gasteiger partial charge >= 0.3 is 0 Å². The Morgan fingerprint density at radius 1 is 1.04 bits per heavy atom. The van der Waals surface area contributed by atoms with Gasteiger partial charge in [-0.3, -0.25) is 0 Å². The molecule has 1 aromatic heterocycles. The van der Waals surface area contributed by atoms with Gasteiger partial charge in [-0.25, -0.2) is 9.97 Å². The van der Waals surface area contributed by atoms with Crippen molar-refractivity contribution in [3.63, 3.8) is 0 Å². The van der Waals surface area contributed by atoms with Crippen LogP contribution in [-0.2, 0) is 9.47 Å². The van der Waals surface area contributed by atoms with Crippen LogP contribution in [0.5, 0.6) is 0 Å². The molecule has 3 heterocycles. The summed E-state index contributed by atoms with van der Waals surface area (Å²) in [7, 11) is 0. The average molecular weight is 381 g/mol. The van der Waals surface area contributed by atoms with Crippen molar-refractivity contribution < 1.29 is 9.47 Å². The standard InChI is InChI=1S/C17H18Cl2N4O2/c18-12-2-1-3-13(19)16(12)22-14-10-15(21-11-20-14)23-6-4-17(5-7-23)24-8-9-25-17/h1-3,10-11H,4-9H2,(H,20,21,22). The van der Waals surface area contributed by atoms with Crippen molar-refractivity contribution >= 4 is 40.5 Å². The molecule has 0 saturated carbocycles. The van der Waals surface area contributed by atoms with Crippen molar-refractivity contribution in [1.82, 2.24) is 9.97 Å². The molecule has 6 nitrogen and oxygen atoms in total. The molecule has 0 radical (unpaired) electrons. The van der Waals surface area contributed by atoms with E-state index in [2.05, 4.69) is 20.2 Å². The van der Waals surface area contributed by atoms with Crippen molar-refractivity contribution in [3.8, 4) is 0 Å². The van der Waals surface area contributed by atoms with Crippen LogP contribution < -0.4 is 10.2 Å². The summed E-state index contributed by atoms with van der Waals surface area (Å²) in [5, 5.41) is 4.27. The molecule has 1 aromatic carbocycles. The second-order valence-electron chi connectivity index (χ2n) is 6.08. The summed E-state index contributed by atoms with van der Waals surface area (Å²) in [6.07, 6.45) is 3.20. The van der Waals surface area contributed by atoms with Crippen LogP contribution in [0, 0.1) is 0 Å². The normalized spacial score (nSPS) is 19.4. The molecule has 2 aromatic rings. The van der Waals surface area contributed by atoms with Crippen LogP contribution in [0.4, 0.5) is 17.3 Å². The van der Waals surface area contributed by atoms with Gasteiger partial charge in [-0.15, -0.1) is 0 Å². The first-order chi connectivity index (χ1) is 12.2. The fraction of sp³-hybridized carbons (Fsp3) is 0.412. The number of ether oxygens (including phenoxy) is 2. The summed E-state index contributed by atoms with van der Waals surface area (Å²) in [5.74, 6) is 1.11. The zero-order valence-electron chi connectivity index (χ0n) is 13.5. The number of aromatic nitrogens is 2. The largest absolute Gasteiger partial charge is 0.356 e. The molecule has 0 unspecified atom stereocenters. The minimum Gasteiger partial charge on any atom is -0.356 e. The van der Waals surface area contributed by atoms with Gasteiger partial charge in [-0.05, 0) is 12.1 Å². The fourth-order valence-corrected chi connectivity index (χ4v) is 3.69. The highest BCUT2D eigenvalue weighted by Gasteiger charge is 2.40. The van der Waals surface area contributed by atoms with Gasteiger partial charge in [0.2, 0.25) is 0 Å². The first-order valence-electron chi connectivity index (χ1n) is 8.21. The van der Waals surface area contributed by atoms with Crippen LogP contribution in [0.15, 0.2) is 30.6 Å². The molecule has 2 fully saturated rings. The Kier molecular flexibility index (Phi) is 4.69. The lowest BCUT2D eigenvalue weighted by Gasteiger charge is -2.38. The molecule has 2 aliphatic heterocycles. The summed E-state index contributed by atoms with van der Waals surface area (Å²) >= 11 is 12.4. The Hall–Kier alpha value is -1.60. The summed E-state index contributed by atoms with van der Waals surface area (Å²) in [6, 6.07) is 7.26. The van der Waals surface area contributed by atoms with Crippen molar-refractivity contribution in [2.75, 3.05) is 36.5 Å². The van der Waals surface area contributed by atoms with E-state index in [0.717, 1.165) is 31.7 Å². The van der Waals surface area contributed by atoms with Crippen molar-refractivity contribution in [2.24, 2.45) is 0 Å². The molecule has 25 heavy (non-hydrogen) atoms. The minimum absolute atomic E-state index is 0.393. The summed E-state index contributed by atoms with van der Waals surface area (Å²) < 4.78 is 11.5. The topological polar surface area (TPSA) is 59.5 Å². The SMILES string of the molecule is Clc1cccc(Cl)c1Nc1cc(N2CCC3(CC2)OCCO3)ncn1. The van der Waals surface area contributed by atoms with E-state index in [0.29, 0.717) is 34.8 Å². The molecule has 2 saturated heterocycles. The zero-order chi connectivity index (χ0) is 17.3. The van der Waals surface area contributed by atoms with E-state index in [9.17, 15) is 0 Å². The Labute approximate surface area is 156 Å². The van der Waals surface area contributed by atoms with Gasteiger partial charge in [0.25, 0.3) is 0 Å². The molecule has 4 rings (SSSR count). The summed E-state index contributed by atoms with van der Waals surface area (Å²) in [5.41, 5.74) is 0.640. The smallest absolute Gasteiger partial charge is 0.171 e. The number of benzene rings is 1. The van der Waals surface area contributed by atoms with Crippen LogP contribution in [0.1, 0.15) is 12.8 Å². The number of nitrogens with one attached hydrogen (secondary N) is 1. The van der Waals surface area contributed by atoms with Crippen LogP contribution in [0.2, 0.25) is 10.0 Å². The molecule has 0 atom stereocenters. The maximum Gasteiger partial charge on any atom is 0.171 e. The third kappa shape index (κ3) is 3.53. The van der Waals surface area contributed by atoms with Gasteiger partial charge in [0.05, 0.1) is 28.9 Å². The number of rotatable bonds is 3. The van der Waals surface area contributed by atoms with Gasteiger partial charge in [-0.1, -0.05) is 29.3 Å². The molecule has 8 heteroatoms. The molecular weight excluding hydrogens is 363 g/mol. The van der Waals surface area contributed by atoms with Gasteiger partial charge in [0.1, 0.15) is 18.0 Å². The number of nitrogens with zero attached hydrogens (tertiary/aromatic N) is 3. The molecule has 1 N–H and O–H groups in total. The number of piperidine rings is 1. The highest BCUT2D eigenvalue weighted by Crippen LogP contribution is 2.34. The molecule has 1 spiro atoms. The maximum atomic E-state index is 6.21. The van der Waals surface area contributed by atoms with Gasteiger partial charge in [0, 0.05) is 32.0 Å². The Bertz CT molecular complexity index is 738. The lowest BCUT2D eigenvalue weighted by atomic mass is 10.0. The van der Waals surface area contributed by atoms with E-state index in [-0.39, 0.29) is 0 Å². The maximum absolute atomic E-state index is 6.21. The van der Waals surface area contributed by atoms with E-state index >= 15 is 0 Å². The number of hydrogen-bond acceptors (Lipinski definition) is 6. The summed E-state index contributed by atoms with van der Waals surface area (Å²) in [6.45, 7) is 3.01. The van der Waals surface area contributed by atoms with Gasteiger partial charge in [0.15, 0.2) is 5.79 Å². The lowest BCUT2D eigenvalue weighted by molar-refractivity contribution is -0.169. The highest BCUT2D eigenvalue weighted by atomic mass is 35.5. The van der Waals surface area contributed by atoms with Crippen LogP contribution in [0.3, 0.4) is 0 Å². The van der Waals surface area contributed by atoms with E-state index < -0.39 is 5.79 Å². The Morgan fingerprint density at radius 2 is 1.72 bits per heavy atom. The van der Waals surface area contributed by atoms with Crippen molar-refractivity contribution in [3.05, 3.63) is 40.6 Å². The Balaban J connectivity index is 1.48. The van der Waals surface area contributed by atoms with Crippen molar-refractivity contribution in [1.29, 1.82) is 0 Å². The fourth-order valence-electron chi connectivity index (χ4n) is 3.20. The van der Waals surface area contributed by atoms with Gasteiger partial charge in [-0.2, -0.15) is 0 Å². The van der Waals surface area contributed by atoms with Crippen LogP contribution >= 0.6 is 23.2 Å². The highest BCUT2D eigenvalue weighted by molar-refractivity contribution is 6.39. The first kappa shape index (κ1) is 16.8. The third-order valence-electron chi connectivity index (χ3n) is 4.53. The van der Waals surface area contributed by atoms with E-state index in [1.807, 2.05) is 6.07 Å².